The molecule has 3 rings (SSSR count). The average molecular weight is 393 g/mol. The molecule has 1 aliphatic rings. The van der Waals surface area contributed by atoms with Crippen molar-refractivity contribution in [2.45, 2.75) is 25.8 Å². The number of aromatic nitrogens is 3. The lowest BCUT2D eigenvalue weighted by Crippen LogP contribution is -2.44. The molecule has 1 fully saturated rings. The highest BCUT2D eigenvalue weighted by Crippen LogP contribution is 2.17. The molecular weight excluding hydrogens is 370 g/mol. The topological polar surface area (TPSA) is 114 Å². The highest BCUT2D eigenvalue weighted by molar-refractivity contribution is 7.88. The van der Waals surface area contributed by atoms with E-state index >= 15 is 0 Å². The second kappa shape index (κ2) is 8.13. The van der Waals surface area contributed by atoms with Crippen LogP contribution in [-0.4, -0.2) is 60.1 Å². The summed E-state index contributed by atoms with van der Waals surface area (Å²) in [7, 11) is -3.24. The lowest BCUT2D eigenvalue weighted by molar-refractivity contribution is -0.133. The number of sulfonamides is 1. The van der Waals surface area contributed by atoms with E-state index in [-0.39, 0.29) is 30.3 Å². The number of amides is 1. The van der Waals surface area contributed by atoms with Crippen molar-refractivity contribution in [2.24, 2.45) is 5.92 Å². The molecule has 1 aromatic carbocycles. The molecule has 1 atom stereocenters. The number of hydrogen-bond acceptors (Lipinski definition) is 6. The van der Waals surface area contributed by atoms with E-state index in [2.05, 4.69) is 15.0 Å². The molecule has 10 heteroatoms. The van der Waals surface area contributed by atoms with Gasteiger partial charge in [0.25, 0.3) is 5.56 Å². The van der Waals surface area contributed by atoms with Gasteiger partial charge in [-0.25, -0.2) is 17.8 Å². The van der Waals surface area contributed by atoms with Crippen LogP contribution in [0.4, 0.5) is 0 Å². The van der Waals surface area contributed by atoms with Gasteiger partial charge in [-0.2, -0.15) is 0 Å². The van der Waals surface area contributed by atoms with Crippen LogP contribution in [-0.2, 0) is 21.4 Å². The zero-order chi connectivity index (χ0) is 19.4. The Morgan fingerprint density at radius 3 is 2.89 bits per heavy atom. The number of carbonyl (C=O) groups excluding carboxylic acids is 1. The van der Waals surface area contributed by atoms with Crippen molar-refractivity contribution in [3.05, 3.63) is 34.6 Å². The van der Waals surface area contributed by atoms with Crippen LogP contribution in [0, 0.1) is 5.92 Å². The average Bonchev–Trinajstić information content (AvgIpc) is 2.65. The van der Waals surface area contributed by atoms with Crippen LogP contribution >= 0.6 is 0 Å². The zero-order valence-corrected chi connectivity index (χ0v) is 16.0. The third kappa shape index (κ3) is 5.10. The van der Waals surface area contributed by atoms with Gasteiger partial charge < -0.3 is 4.90 Å². The number of nitrogens with zero attached hydrogens (tertiary/aromatic N) is 4. The van der Waals surface area contributed by atoms with Crippen LogP contribution < -0.4 is 10.3 Å². The Bertz CT molecular complexity index is 988. The molecule has 1 aliphatic heterocycles. The van der Waals surface area contributed by atoms with E-state index in [4.69, 9.17) is 0 Å². The fourth-order valence-corrected chi connectivity index (χ4v) is 3.80. The molecule has 146 valence electrons. The summed E-state index contributed by atoms with van der Waals surface area (Å²) in [5.74, 6) is 0.0292. The molecule has 1 saturated heterocycles. The van der Waals surface area contributed by atoms with Gasteiger partial charge >= 0.3 is 0 Å². The SMILES string of the molecule is CS(=O)(=O)NC[C@H]1CCCN(C(=O)CCn2nnc3ccccc3c2=O)C1. The Morgan fingerprint density at radius 2 is 2.11 bits per heavy atom. The van der Waals surface area contributed by atoms with Gasteiger partial charge in [0.15, 0.2) is 0 Å². The summed E-state index contributed by atoms with van der Waals surface area (Å²) in [4.78, 5) is 26.7. The fourth-order valence-electron chi connectivity index (χ4n) is 3.26. The first-order valence-electron chi connectivity index (χ1n) is 8.88. The maximum atomic E-state index is 12.5. The van der Waals surface area contributed by atoms with Crippen LogP contribution in [0.25, 0.3) is 10.9 Å². The van der Waals surface area contributed by atoms with Crippen molar-refractivity contribution < 1.29 is 13.2 Å². The van der Waals surface area contributed by atoms with Gasteiger partial charge in [-0.05, 0) is 30.9 Å². The molecule has 1 aromatic heterocycles. The molecule has 1 N–H and O–H groups in total. The molecule has 0 radical (unpaired) electrons. The van der Waals surface area contributed by atoms with Crippen LogP contribution in [0.5, 0.6) is 0 Å². The predicted octanol–water partition coefficient (Wildman–Crippen LogP) is -0.0306. The number of hydrogen-bond donors (Lipinski definition) is 1. The second-order valence-electron chi connectivity index (χ2n) is 6.85. The molecule has 27 heavy (non-hydrogen) atoms. The Hall–Kier alpha value is -2.33. The first kappa shape index (κ1) is 19.4. The van der Waals surface area contributed by atoms with E-state index in [1.54, 1.807) is 29.2 Å². The Kier molecular flexibility index (Phi) is 5.85. The number of rotatable bonds is 6. The van der Waals surface area contributed by atoms with E-state index in [0.717, 1.165) is 19.1 Å². The summed E-state index contributed by atoms with van der Waals surface area (Å²) in [5.41, 5.74) is 0.268. The standard InChI is InChI=1S/C17H23N5O4S/c1-27(25,26)18-11-13-5-4-9-21(12-13)16(23)8-10-22-17(24)14-6-2-3-7-15(14)19-20-22/h2-3,6-7,13,18H,4-5,8-12H2,1H3/t13-/m1/s1. The molecule has 0 bridgehead atoms. The first-order chi connectivity index (χ1) is 12.8. The molecule has 2 heterocycles. The molecule has 9 nitrogen and oxygen atoms in total. The molecule has 0 saturated carbocycles. The normalized spacial score (nSPS) is 18.0. The quantitative estimate of drug-likeness (QED) is 0.737. The number of nitrogens with one attached hydrogen (secondary N) is 1. The van der Waals surface area contributed by atoms with Crippen molar-refractivity contribution in [3.8, 4) is 0 Å². The smallest absolute Gasteiger partial charge is 0.277 e. The van der Waals surface area contributed by atoms with Gasteiger partial charge in [0, 0.05) is 26.1 Å². The summed E-state index contributed by atoms with van der Waals surface area (Å²) in [6, 6.07) is 6.96. The number of piperidine rings is 1. The van der Waals surface area contributed by atoms with E-state index in [9.17, 15) is 18.0 Å². The maximum absolute atomic E-state index is 12.5. The molecule has 0 aliphatic carbocycles. The Labute approximate surface area is 157 Å². The highest BCUT2D eigenvalue weighted by atomic mass is 32.2. The summed E-state index contributed by atoms with van der Waals surface area (Å²) < 4.78 is 26.2. The second-order valence-corrected chi connectivity index (χ2v) is 8.69. The largest absolute Gasteiger partial charge is 0.342 e. The maximum Gasteiger partial charge on any atom is 0.277 e. The summed E-state index contributed by atoms with van der Waals surface area (Å²) >= 11 is 0. The van der Waals surface area contributed by atoms with Gasteiger partial charge in [0.1, 0.15) is 5.52 Å². The van der Waals surface area contributed by atoms with E-state index in [1.807, 2.05) is 0 Å². The number of fused-ring (bicyclic) bond motifs is 1. The highest BCUT2D eigenvalue weighted by Gasteiger charge is 2.24. The van der Waals surface area contributed by atoms with Crippen LogP contribution in [0.3, 0.4) is 0 Å². The van der Waals surface area contributed by atoms with Gasteiger partial charge in [0.05, 0.1) is 18.2 Å². The Morgan fingerprint density at radius 1 is 1.33 bits per heavy atom. The minimum absolute atomic E-state index is 0.0686. The summed E-state index contributed by atoms with van der Waals surface area (Å²) in [6.45, 7) is 1.66. The number of benzene rings is 1. The number of likely N-dealkylation sites (tertiary alicyclic amines) is 1. The predicted molar refractivity (Wildman–Crippen MR) is 101 cm³/mol. The lowest BCUT2D eigenvalue weighted by atomic mass is 9.98. The van der Waals surface area contributed by atoms with Crippen molar-refractivity contribution >= 4 is 26.8 Å². The minimum atomic E-state index is -3.24. The van der Waals surface area contributed by atoms with Crippen molar-refractivity contribution in [1.82, 2.24) is 24.6 Å². The van der Waals surface area contributed by atoms with Gasteiger partial charge in [-0.3, -0.25) is 9.59 Å². The zero-order valence-electron chi connectivity index (χ0n) is 15.2. The molecular formula is C17H23N5O4S. The van der Waals surface area contributed by atoms with E-state index < -0.39 is 10.0 Å². The van der Waals surface area contributed by atoms with Crippen molar-refractivity contribution in [3.63, 3.8) is 0 Å². The Balaban J connectivity index is 1.59. The number of aryl methyl sites for hydroxylation is 1. The first-order valence-corrected chi connectivity index (χ1v) is 10.8. The third-order valence-corrected chi connectivity index (χ3v) is 5.36. The van der Waals surface area contributed by atoms with Crippen molar-refractivity contribution in [1.29, 1.82) is 0 Å². The van der Waals surface area contributed by atoms with E-state index in [0.29, 0.717) is 30.5 Å². The minimum Gasteiger partial charge on any atom is -0.342 e. The van der Waals surface area contributed by atoms with Gasteiger partial charge in [-0.1, -0.05) is 17.3 Å². The molecule has 0 unspecified atom stereocenters. The lowest BCUT2D eigenvalue weighted by Gasteiger charge is -2.32. The molecule has 2 aromatic rings. The van der Waals surface area contributed by atoms with Crippen LogP contribution in [0.2, 0.25) is 0 Å². The third-order valence-electron chi connectivity index (χ3n) is 4.67. The molecule has 0 spiro atoms. The van der Waals surface area contributed by atoms with Gasteiger partial charge in [0.2, 0.25) is 15.9 Å². The fraction of sp³-hybridized carbons (Fsp3) is 0.529. The van der Waals surface area contributed by atoms with E-state index in [1.165, 1.54) is 4.68 Å². The number of carbonyl (C=O) groups is 1. The van der Waals surface area contributed by atoms with Crippen molar-refractivity contribution in [2.75, 3.05) is 25.9 Å². The van der Waals surface area contributed by atoms with Gasteiger partial charge in [-0.15, -0.1) is 5.10 Å². The van der Waals surface area contributed by atoms with Crippen LogP contribution in [0.15, 0.2) is 29.1 Å². The summed E-state index contributed by atoms with van der Waals surface area (Å²) in [6.07, 6.45) is 2.99. The molecule has 1 amide bonds. The summed E-state index contributed by atoms with van der Waals surface area (Å²) in [5, 5.41) is 8.39. The monoisotopic (exact) mass is 393 g/mol. The van der Waals surface area contributed by atoms with Crippen LogP contribution in [0.1, 0.15) is 19.3 Å².